The number of benzene rings is 2. The van der Waals surface area contributed by atoms with Crippen LogP contribution in [0.25, 0.3) is 0 Å². The predicted molar refractivity (Wildman–Crippen MR) is 126 cm³/mol. The lowest BCUT2D eigenvalue weighted by atomic mass is 9.94. The zero-order valence-corrected chi connectivity index (χ0v) is 20.0. The SMILES string of the molecule is [2H]C(C)(C)N(Cc1ccccc1OCCCCCC(=O)O)C(=O)c1ccc(C2(C(F)(F)F)CC2)cc1. The fourth-order valence-electron chi connectivity index (χ4n) is 4.06. The van der Waals surface area contributed by atoms with Gasteiger partial charge in [-0.15, -0.1) is 0 Å². The third-order valence-electron chi connectivity index (χ3n) is 6.36. The highest BCUT2D eigenvalue weighted by molar-refractivity contribution is 5.94. The number of carbonyl (C=O) groups is 2. The number of para-hydroxylation sites is 1. The molecule has 0 radical (unpaired) electrons. The first-order chi connectivity index (χ1) is 16.8. The van der Waals surface area contributed by atoms with Crippen molar-refractivity contribution in [1.29, 1.82) is 0 Å². The molecule has 0 heterocycles. The van der Waals surface area contributed by atoms with Gasteiger partial charge in [-0.1, -0.05) is 30.3 Å². The molecule has 2 aromatic carbocycles. The van der Waals surface area contributed by atoms with E-state index in [2.05, 4.69) is 0 Å². The van der Waals surface area contributed by atoms with E-state index in [0.717, 1.165) is 0 Å². The molecule has 1 aliphatic carbocycles. The lowest BCUT2D eigenvalue weighted by Gasteiger charge is -2.28. The number of carbonyl (C=O) groups excluding carboxylic acids is 1. The Morgan fingerprint density at radius 2 is 1.74 bits per heavy atom. The Labute approximate surface area is 205 Å². The van der Waals surface area contributed by atoms with Crippen LogP contribution in [0.5, 0.6) is 5.75 Å². The zero-order chi connectivity index (χ0) is 26.6. The summed E-state index contributed by atoms with van der Waals surface area (Å²) in [5.74, 6) is -0.720. The molecule has 0 aliphatic heterocycles. The second-order valence-corrected chi connectivity index (χ2v) is 9.16. The minimum absolute atomic E-state index is 0.0476. The molecule has 0 bridgehead atoms. The fraction of sp³-hybridized carbons (Fsp3) is 0.481. The first-order valence-corrected chi connectivity index (χ1v) is 11.8. The average molecular weight is 493 g/mol. The third-order valence-corrected chi connectivity index (χ3v) is 6.36. The van der Waals surface area contributed by atoms with Crippen LogP contribution in [0, 0.1) is 0 Å². The molecule has 35 heavy (non-hydrogen) atoms. The van der Waals surface area contributed by atoms with E-state index in [1.54, 1.807) is 38.1 Å². The van der Waals surface area contributed by atoms with Crippen molar-refractivity contribution in [3.63, 3.8) is 0 Å². The number of amides is 1. The number of carboxylic acids is 1. The maximum absolute atomic E-state index is 13.5. The van der Waals surface area contributed by atoms with Crippen LogP contribution < -0.4 is 4.74 Å². The monoisotopic (exact) mass is 492 g/mol. The maximum Gasteiger partial charge on any atom is 0.398 e. The van der Waals surface area contributed by atoms with E-state index in [9.17, 15) is 22.8 Å². The minimum Gasteiger partial charge on any atom is -0.493 e. The second-order valence-electron chi connectivity index (χ2n) is 9.16. The Morgan fingerprint density at radius 3 is 2.31 bits per heavy atom. The van der Waals surface area contributed by atoms with Gasteiger partial charge in [0.05, 0.1) is 13.4 Å². The van der Waals surface area contributed by atoms with E-state index < -0.39 is 29.5 Å². The van der Waals surface area contributed by atoms with Crippen molar-refractivity contribution < 1.29 is 34.0 Å². The van der Waals surface area contributed by atoms with Crippen LogP contribution in [0.1, 0.15) is 75.2 Å². The highest BCUT2D eigenvalue weighted by atomic mass is 19.4. The van der Waals surface area contributed by atoms with E-state index in [0.29, 0.717) is 37.2 Å². The molecule has 3 rings (SSSR count). The van der Waals surface area contributed by atoms with Gasteiger partial charge < -0.3 is 14.7 Å². The van der Waals surface area contributed by atoms with Crippen LogP contribution in [-0.2, 0) is 16.8 Å². The van der Waals surface area contributed by atoms with Crippen LogP contribution >= 0.6 is 0 Å². The van der Waals surface area contributed by atoms with Crippen LogP contribution in [-0.4, -0.2) is 40.7 Å². The van der Waals surface area contributed by atoms with Crippen molar-refractivity contribution in [3.05, 3.63) is 65.2 Å². The van der Waals surface area contributed by atoms with Gasteiger partial charge in [0.2, 0.25) is 0 Å². The maximum atomic E-state index is 13.5. The number of ether oxygens (including phenoxy) is 1. The average Bonchev–Trinajstić information content (AvgIpc) is 3.62. The molecule has 8 heteroatoms. The Balaban J connectivity index is 1.71. The van der Waals surface area contributed by atoms with Crippen molar-refractivity contribution in [2.75, 3.05) is 6.61 Å². The number of unbranched alkanes of at least 4 members (excludes halogenated alkanes) is 2. The number of rotatable bonds is 12. The molecule has 0 unspecified atom stereocenters. The molecule has 0 atom stereocenters. The topological polar surface area (TPSA) is 66.8 Å². The van der Waals surface area contributed by atoms with Gasteiger partial charge in [0.25, 0.3) is 5.91 Å². The molecular formula is C27H32F3NO4. The lowest BCUT2D eigenvalue weighted by molar-refractivity contribution is -0.160. The molecule has 0 saturated heterocycles. The summed E-state index contributed by atoms with van der Waals surface area (Å²) in [6.07, 6.45) is -2.15. The van der Waals surface area contributed by atoms with Crippen LogP contribution in [0.15, 0.2) is 48.5 Å². The number of hydrogen-bond acceptors (Lipinski definition) is 3. The number of nitrogens with zero attached hydrogens (tertiary/aromatic N) is 1. The molecule has 1 aliphatic rings. The Bertz CT molecular complexity index is 1060. The summed E-state index contributed by atoms with van der Waals surface area (Å²) in [4.78, 5) is 25.3. The number of hydrogen-bond donors (Lipinski definition) is 1. The Hall–Kier alpha value is -3.03. The van der Waals surface area contributed by atoms with E-state index in [1.807, 2.05) is 0 Å². The van der Waals surface area contributed by atoms with Gasteiger partial charge in [-0.05, 0) is 69.7 Å². The van der Waals surface area contributed by atoms with Crippen molar-refractivity contribution in [2.24, 2.45) is 0 Å². The smallest absolute Gasteiger partial charge is 0.398 e. The van der Waals surface area contributed by atoms with E-state index in [4.69, 9.17) is 11.2 Å². The summed E-state index contributed by atoms with van der Waals surface area (Å²) in [6, 6.07) is 11.4. The summed E-state index contributed by atoms with van der Waals surface area (Å²) in [6.45, 7) is 3.62. The molecule has 1 N–H and O–H groups in total. The van der Waals surface area contributed by atoms with Crippen molar-refractivity contribution in [2.45, 2.75) is 76.5 Å². The van der Waals surface area contributed by atoms with E-state index in [-0.39, 0.29) is 36.9 Å². The number of alkyl halides is 3. The van der Waals surface area contributed by atoms with Crippen LogP contribution in [0.4, 0.5) is 13.2 Å². The van der Waals surface area contributed by atoms with Gasteiger partial charge in [0.15, 0.2) is 0 Å². The summed E-state index contributed by atoms with van der Waals surface area (Å²) in [5, 5.41) is 8.72. The predicted octanol–water partition coefficient (Wildman–Crippen LogP) is 6.36. The molecule has 190 valence electrons. The van der Waals surface area contributed by atoms with Crippen molar-refractivity contribution >= 4 is 11.9 Å². The molecular weight excluding hydrogens is 459 g/mol. The van der Waals surface area contributed by atoms with Gasteiger partial charge in [-0.3, -0.25) is 9.59 Å². The molecule has 0 aromatic heterocycles. The Morgan fingerprint density at radius 1 is 1.09 bits per heavy atom. The van der Waals surface area contributed by atoms with Gasteiger partial charge in [-0.25, -0.2) is 0 Å². The summed E-state index contributed by atoms with van der Waals surface area (Å²) >= 11 is 0. The van der Waals surface area contributed by atoms with Crippen LogP contribution in [0.3, 0.4) is 0 Å². The van der Waals surface area contributed by atoms with Gasteiger partial charge >= 0.3 is 12.1 Å². The lowest BCUT2D eigenvalue weighted by Crippen LogP contribution is -2.36. The van der Waals surface area contributed by atoms with Crippen molar-refractivity contribution in [1.82, 2.24) is 4.90 Å². The number of carboxylic acid groups (broad SMARTS) is 1. The van der Waals surface area contributed by atoms with Gasteiger partial charge in [0, 0.05) is 30.1 Å². The highest BCUT2D eigenvalue weighted by Crippen LogP contribution is 2.58. The quantitative estimate of drug-likeness (QED) is 0.351. The zero-order valence-electron chi connectivity index (χ0n) is 21.0. The minimum atomic E-state index is -4.33. The molecule has 1 saturated carbocycles. The van der Waals surface area contributed by atoms with E-state index >= 15 is 0 Å². The number of aliphatic carboxylic acids is 1. The van der Waals surface area contributed by atoms with Crippen LogP contribution in [0.2, 0.25) is 0 Å². The second kappa shape index (κ2) is 11.1. The van der Waals surface area contributed by atoms with Gasteiger partial charge in [0.1, 0.15) is 5.75 Å². The Kier molecular flexibility index (Phi) is 7.98. The van der Waals surface area contributed by atoms with Crippen molar-refractivity contribution in [3.8, 4) is 5.75 Å². The highest BCUT2D eigenvalue weighted by Gasteiger charge is 2.64. The fourth-order valence-corrected chi connectivity index (χ4v) is 4.06. The first-order valence-electron chi connectivity index (χ1n) is 12.3. The molecule has 2 aromatic rings. The normalized spacial score (nSPS) is 15.3. The molecule has 5 nitrogen and oxygen atoms in total. The standard InChI is InChI=1S/C27H32F3NO4/c1-19(2)31(18-21-8-5-6-9-23(21)35-17-7-3-4-10-24(32)33)25(34)20-11-13-22(14-12-20)26(15-16-26)27(28,29)30/h5-6,8-9,11-14,19H,3-4,7,10,15-18H2,1-2H3,(H,32,33)/i19D. The van der Waals surface area contributed by atoms with E-state index in [1.165, 1.54) is 29.2 Å². The third kappa shape index (κ3) is 6.55. The van der Waals surface area contributed by atoms with Gasteiger partial charge in [-0.2, -0.15) is 13.2 Å². The number of halogens is 3. The first kappa shape index (κ1) is 25.1. The summed E-state index contributed by atoms with van der Waals surface area (Å²) in [7, 11) is 0. The molecule has 0 spiro atoms. The molecule has 1 amide bonds. The largest absolute Gasteiger partial charge is 0.493 e. The molecule has 1 fully saturated rings. The summed E-state index contributed by atoms with van der Waals surface area (Å²) in [5.41, 5.74) is -0.742. The summed E-state index contributed by atoms with van der Waals surface area (Å²) < 4.78 is 54.8.